The first-order valence-electron chi connectivity index (χ1n) is 6.65. The van der Waals surface area contributed by atoms with Crippen LogP contribution in [0.1, 0.15) is 19.8 Å². The lowest BCUT2D eigenvalue weighted by molar-refractivity contribution is 0.0996. The lowest BCUT2D eigenvalue weighted by Crippen LogP contribution is -2.31. The fourth-order valence-corrected chi connectivity index (χ4v) is 3.25. The minimum Gasteiger partial charge on any atom is -0.399 e. The zero-order chi connectivity index (χ0) is 14.8. The van der Waals surface area contributed by atoms with Crippen molar-refractivity contribution in [2.45, 2.75) is 36.8 Å². The van der Waals surface area contributed by atoms with Crippen molar-refractivity contribution in [2.24, 2.45) is 0 Å². The molecule has 1 saturated heterocycles. The lowest BCUT2D eigenvalue weighted by Gasteiger charge is -2.22. The number of hydrogen-bond donors (Lipinski definition) is 3. The summed E-state index contributed by atoms with van der Waals surface area (Å²) in [5, 5.41) is 3.22. The Morgan fingerprint density at radius 3 is 2.80 bits per heavy atom. The van der Waals surface area contributed by atoms with Gasteiger partial charge in [-0.1, -0.05) is 0 Å². The summed E-state index contributed by atoms with van der Waals surface area (Å²) in [6, 6.07) is 4.85. The number of benzene rings is 1. The molecule has 0 amide bonds. The maximum absolute atomic E-state index is 12.0. The van der Waals surface area contributed by atoms with Gasteiger partial charge in [-0.25, -0.2) is 13.1 Å². The molecule has 7 heteroatoms. The van der Waals surface area contributed by atoms with Gasteiger partial charge in [0.25, 0.3) is 0 Å². The molecule has 0 bridgehead atoms. The van der Waals surface area contributed by atoms with E-state index in [1.807, 2.05) is 6.92 Å². The third kappa shape index (κ3) is 3.23. The molecule has 0 saturated carbocycles. The van der Waals surface area contributed by atoms with Gasteiger partial charge in [-0.15, -0.1) is 0 Å². The summed E-state index contributed by atoms with van der Waals surface area (Å²) in [5.41, 5.74) is 6.64. The normalized spacial score (nSPS) is 20.8. The van der Waals surface area contributed by atoms with Crippen LogP contribution in [0.15, 0.2) is 23.1 Å². The fraction of sp³-hybridized carbons (Fsp3) is 0.538. The molecule has 0 spiro atoms. The van der Waals surface area contributed by atoms with Gasteiger partial charge in [0.05, 0.1) is 11.8 Å². The molecule has 1 aliphatic heterocycles. The van der Waals surface area contributed by atoms with Crippen LogP contribution in [0.4, 0.5) is 11.4 Å². The zero-order valence-electron chi connectivity index (χ0n) is 11.7. The number of sulfonamides is 1. The molecule has 1 aliphatic rings. The fourth-order valence-electron chi connectivity index (χ4n) is 2.33. The molecule has 2 unspecified atom stereocenters. The first-order valence-corrected chi connectivity index (χ1v) is 8.13. The Morgan fingerprint density at radius 1 is 1.45 bits per heavy atom. The van der Waals surface area contributed by atoms with E-state index in [0.29, 0.717) is 11.4 Å². The van der Waals surface area contributed by atoms with Crippen LogP contribution in [0.5, 0.6) is 0 Å². The molecule has 1 aromatic rings. The van der Waals surface area contributed by atoms with Crippen molar-refractivity contribution in [3.05, 3.63) is 18.2 Å². The van der Waals surface area contributed by atoms with Gasteiger partial charge in [0.2, 0.25) is 10.0 Å². The summed E-state index contributed by atoms with van der Waals surface area (Å²) in [7, 11) is -2.17. The Bertz CT molecular complexity index is 568. The number of nitrogens with one attached hydrogen (secondary N) is 2. The Labute approximate surface area is 119 Å². The van der Waals surface area contributed by atoms with Crippen LogP contribution < -0.4 is 15.8 Å². The van der Waals surface area contributed by atoms with E-state index >= 15 is 0 Å². The Kier molecular flexibility index (Phi) is 4.52. The Hall–Kier alpha value is -1.31. The van der Waals surface area contributed by atoms with Gasteiger partial charge in [-0.3, -0.25) is 0 Å². The average molecular weight is 299 g/mol. The van der Waals surface area contributed by atoms with Crippen LogP contribution in [0, 0.1) is 0 Å². The van der Waals surface area contributed by atoms with Crippen molar-refractivity contribution in [2.75, 3.05) is 24.7 Å². The van der Waals surface area contributed by atoms with Gasteiger partial charge < -0.3 is 15.8 Å². The van der Waals surface area contributed by atoms with Crippen molar-refractivity contribution < 1.29 is 13.2 Å². The number of ether oxygens (including phenoxy) is 1. The van der Waals surface area contributed by atoms with Crippen LogP contribution >= 0.6 is 0 Å². The molecule has 2 atom stereocenters. The van der Waals surface area contributed by atoms with Crippen LogP contribution in [0.25, 0.3) is 0 Å². The van der Waals surface area contributed by atoms with Crippen molar-refractivity contribution in [1.82, 2.24) is 4.72 Å². The predicted molar refractivity (Wildman–Crippen MR) is 79.2 cm³/mol. The van der Waals surface area contributed by atoms with Crippen LogP contribution in [-0.2, 0) is 14.8 Å². The second kappa shape index (κ2) is 5.99. The first kappa shape index (κ1) is 15.1. The third-order valence-corrected chi connectivity index (χ3v) is 4.92. The number of rotatable bonds is 5. The molecule has 112 valence electrons. The van der Waals surface area contributed by atoms with Crippen LogP contribution in [0.2, 0.25) is 0 Å². The molecule has 2 rings (SSSR count). The molecule has 4 N–H and O–H groups in total. The lowest BCUT2D eigenvalue weighted by atomic mass is 10.1. The average Bonchev–Trinajstić information content (AvgIpc) is 2.94. The van der Waals surface area contributed by atoms with E-state index in [9.17, 15) is 8.42 Å². The number of nitrogens with two attached hydrogens (primary N) is 1. The van der Waals surface area contributed by atoms with Gasteiger partial charge in [0.1, 0.15) is 4.90 Å². The van der Waals surface area contributed by atoms with Crippen molar-refractivity contribution in [3.8, 4) is 0 Å². The first-order chi connectivity index (χ1) is 9.44. The van der Waals surface area contributed by atoms with E-state index in [1.165, 1.54) is 13.1 Å². The van der Waals surface area contributed by atoms with Crippen LogP contribution in [-0.4, -0.2) is 34.2 Å². The summed E-state index contributed by atoms with van der Waals surface area (Å²) in [6.45, 7) is 2.75. The topological polar surface area (TPSA) is 93.5 Å². The smallest absolute Gasteiger partial charge is 0.242 e. The maximum Gasteiger partial charge on any atom is 0.242 e. The quantitative estimate of drug-likeness (QED) is 0.709. The number of nitrogen functional groups attached to an aromatic ring is 1. The van der Waals surface area contributed by atoms with E-state index in [-0.39, 0.29) is 17.0 Å². The Balaban J connectivity index is 2.27. The largest absolute Gasteiger partial charge is 0.399 e. The van der Waals surface area contributed by atoms with Crippen LogP contribution in [0.3, 0.4) is 0 Å². The number of anilines is 2. The van der Waals surface area contributed by atoms with E-state index in [1.54, 1.807) is 12.1 Å². The summed E-state index contributed by atoms with van der Waals surface area (Å²) in [6.07, 6.45) is 2.13. The molecule has 6 nitrogen and oxygen atoms in total. The summed E-state index contributed by atoms with van der Waals surface area (Å²) >= 11 is 0. The van der Waals surface area contributed by atoms with Crippen molar-refractivity contribution >= 4 is 21.4 Å². The molecule has 0 aromatic heterocycles. The van der Waals surface area contributed by atoms with Crippen molar-refractivity contribution in [3.63, 3.8) is 0 Å². The second-order valence-corrected chi connectivity index (χ2v) is 6.80. The molecular formula is C13H21N3O3S. The maximum atomic E-state index is 12.0. The summed E-state index contributed by atoms with van der Waals surface area (Å²) in [5.74, 6) is 0. The third-order valence-electron chi connectivity index (χ3n) is 3.47. The molecule has 20 heavy (non-hydrogen) atoms. The zero-order valence-corrected chi connectivity index (χ0v) is 12.5. The predicted octanol–water partition coefficient (Wildman–Crippen LogP) is 1.16. The minimum absolute atomic E-state index is 0.0342. The van der Waals surface area contributed by atoms with E-state index < -0.39 is 10.0 Å². The molecule has 1 heterocycles. The van der Waals surface area contributed by atoms with Gasteiger partial charge in [0, 0.05) is 18.3 Å². The monoisotopic (exact) mass is 299 g/mol. The van der Waals surface area contributed by atoms with E-state index in [2.05, 4.69) is 10.0 Å². The molecule has 0 aliphatic carbocycles. The number of hydrogen-bond acceptors (Lipinski definition) is 5. The minimum atomic E-state index is -3.55. The van der Waals surface area contributed by atoms with E-state index in [0.717, 1.165) is 19.4 Å². The highest BCUT2D eigenvalue weighted by atomic mass is 32.2. The summed E-state index contributed by atoms with van der Waals surface area (Å²) < 4.78 is 32.0. The van der Waals surface area contributed by atoms with Gasteiger partial charge in [0.15, 0.2) is 0 Å². The molecule has 1 aromatic carbocycles. The second-order valence-electron chi connectivity index (χ2n) is 4.95. The van der Waals surface area contributed by atoms with Gasteiger partial charge in [-0.2, -0.15) is 0 Å². The summed E-state index contributed by atoms with van der Waals surface area (Å²) in [4.78, 5) is 0.157. The Morgan fingerprint density at radius 2 is 2.20 bits per heavy atom. The van der Waals surface area contributed by atoms with Gasteiger partial charge >= 0.3 is 0 Å². The SMILES string of the molecule is CNS(=O)(=O)c1cc(N)ccc1NC(C)C1CCCO1. The standard InChI is InChI=1S/C13H21N3O3S/c1-9(12-4-3-7-19-12)16-11-6-5-10(14)8-13(11)20(17,18)15-2/h5-6,8-9,12,15-16H,3-4,7,14H2,1-2H3. The highest BCUT2D eigenvalue weighted by Gasteiger charge is 2.24. The molecule has 0 radical (unpaired) electrons. The highest BCUT2D eigenvalue weighted by molar-refractivity contribution is 7.89. The molecule has 1 fully saturated rings. The van der Waals surface area contributed by atoms with Crippen molar-refractivity contribution in [1.29, 1.82) is 0 Å². The van der Waals surface area contributed by atoms with E-state index in [4.69, 9.17) is 10.5 Å². The highest BCUT2D eigenvalue weighted by Crippen LogP contribution is 2.26. The molecular weight excluding hydrogens is 278 g/mol. The van der Waals surface area contributed by atoms with Gasteiger partial charge in [-0.05, 0) is 45.0 Å².